The van der Waals surface area contributed by atoms with E-state index in [0.717, 1.165) is 47.3 Å². The Morgan fingerprint density at radius 1 is 0.750 bits per heavy atom. The Hall–Kier alpha value is 0.355. The Balaban J connectivity index is 1.93. The molecule has 0 radical (unpaired) electrons. The minimum atomic E-state index is 0.401. The van der Waals surface area contributed by atoms with Crippen LogP contribution in [-0.2, 0) is 0 Å². The molecule has 0 saturated heterocycles. The summed E-state index contributed by atoms with van der Waals surface area (Å²) in [6.07, 6.45) is 11.5. The summed E-state index contributed by atoms with van der Waals surface area (Å²) in [5.41, 5.74) is 0. The maximum Gasteiger partial charge on any atom is 0.251 e. The van der Waals surface area contributed by atoms with E-state index in [1.165, 1.54) is 51.2 Å². The molecule has 0 bridgehead atoms. The van der Waals surface area contributed by atoms with Crippen molar-refractivity contribution in [2.24, 2.45) is 47.3 Å². The van der Waals surface area contributed by atoms with Crippen LogP contribution < -0.4 is 0 Å². The molecule has 2 fully saturated rings. The molecule has 0 amide bonds. The topological polar surface area (TPSA) is 0 Å². The molecule has 24 heavy (non-hydrogen) atoms. The van der Waals surface area contributed by atoms with Crippen LogP contribution in [0.1, 0.15) is 80.1 Å². The van der Waals surface area contributed by atoms with Gasteiger partial charge in [-0.1, -0.05) is 67.0 Å². The van der Waals surface area contributed by atoms with Crippen molar-refractivity contribution in [1.82, 2.24) is 0 Å². The van der Waals surface area contributed by atoms with E-state index in [2.05, 4.69) is 41.5 Å². The highest BCUT2D eigenvalue weighted by atomic mass is 35.5. The molecule has 2 aliphatic carbocycles. The Bertz CT molecular complexity index is 333. The molecule has 0 N–H and O–H groups in total. The van der Waals surface area contributed by atoms with Crippen molar-refractivity contribution in [3.05, 3.63) is 0 Å². The van der Waals surface area contributed by atoms with Gasteiger partial charge in [0, 0.05) is 0 Å². The van der Waals surface area contributed by atoms with Crippen molar-refractivity contribution in [2.75, 3.05) is 0 Å². The zero-order valence-electron chi connectivity index (χ0n) is 17.2. The second-order valence-corrected chi connectivity index (χ2v) is 10.9. The van der Waals surface area contributed by atoms with E-state index < -0.39 is 0 Å². The Kier molecular flexibility index (Phi) is 8.04. The van der Waals surface area contributed by atoms with Crippen LogP contribution in [0.15, 0.2) is 0 Å². The molecule has 0 aromatic heterocycles. The molecule has 2 heteroatoms. The molecular formula is C22H42BCl. The predicted molar refractivity (Wildman–Crippen MR) is 111 cm³/mol. The molecule has 6 atom stereocenters. The van der Waals surface area contributed by atoms with Gasteiger partial charge in [0.25, 0.3) is 6.13 Å². The average molecular weight is 353 g/mol. The summed E-state index contributed by atoms with van der Waals surface area (Å²) in [7, 11) is 0. The highest BCUT2D eigenvalue weighted by Crippen LogP contribution is 2.44. The van der Waals surface area contributed by atoms with Crippen LogP contribution in [0.3, 0.4) is 0 Å². The third-order valence-corrected chi connectivity index (χ3v) is 7.79. The average Bonchev–Trinajstić information content (AvgIpc) is 2.46. The van der Waals surface area contributed by atoms with Gasteiger partial charge in [0.15, 0.2) is 0 Å². The lowest BCUT2D eigenvalue weighted by Crippen LogP contribution is -2.33. The minimum Gasteiger partial charge on any atom is -0.196 e. The van der Waals surface area contributed by atoms with Crippen molar-refractivity contribution in [3.8, 4) is 0 Å². The van der Waals surface area contributed by atoms with Crippen LogP contribution in [0.25, 0.3) is 0 Å². The zero-order chi connectivity index (χ0) is 17.9. The van der Waals surface area contributed by atoms with Gasteiger partial charge in [0.05, 0.1) is 0 Å². The number of hydrogen-bond acceptors (Lipinski definition) is 0. The fourth-order valence-corrected chi connectivity index (χ4v) is 6.55. The number of hydrogen-bond donors (Lipinski definition) is 0. The first-order valence-corrected chi connectivity index (χ1v) is 11.4. The van der Waals surface area contributed by atoms with Crippen molar-refractivity contribution >= 4 is 17.6 Å². The SMILES string of the molecule is CC(C)[C@@H]1CC[C@@H](C)C[C@@H]1CB(Cl)C[C@H]1C[C@H](C)CC[C@H]1C(C)C. The molecule has 0 heterocycles. The first kappa shape index (κ1) is 20.7. The third-order valence-electron chi connectivity index (χ3n) is 7.44. The van der Waals surface area contributed by atoms with Gasteiger partial charge in [-0.25, -0.2) is 0 Å². The maximum absolute atomic E-state index is 6.98. The van der Waals surface area contributed by atoms with Crippen LogP contribution in [-0.4, -0.2) is 6.13 Å². The highest BCUT2D eigenvalue weighted by Gasteiger charge is 2.36. The molecule has 2 aliphatic rings. The maximum atomic E-state index is 6.98. The summed E-state index contributed by atoms with van der Waals surface area (Å²) in [6, 6.07) is 0. The standard InChI is InChI=1S/C22H42BCl/c1-15(2)21-9-7-17(5)11-19(21)13-23(24)14-20-12-18(6)8-10-22(20)16(3)4/h15-22H,7-14H2,1-6H3/t17-,18-,19-,20-,21+,22+/m1/s1. The van der Waals surface area contributed by atoms with Gasteiger partial charge >= 0.3 is 0 Å². The van der Waals surface area contributed by atoms with E-state index in [4.69, 9.17) is 11.5 Å². The second kappa shape index (κ2) is 9.34. The van der Waals surface area contributed by atoms with Gasteiger partial charge in [-0.15, -0.1) is 0 Å². The summed E-state index contributed by atoms with van der Waals surface area (Å²) in [5.74, 6) is 7.03. The Labute approximate surface area is 157 Å². The van der Waals surface area contributed by atoms with Crippen molar-refractivity contribution in [1.29, 1.82) is 0 Å². The quantitative estimate of drug-likeness (QED) is 0.431. The summed E-state index contributed by atoms with van der Waals surface area (Å²) < 4.78 is 0. The molecule has 0 nitrogen and oxygen atoms in total. The molecule has 0 aliphatic heterocycles. The second-order valence-electron chi connectivity index (χ2n) is 10.2. The Morgan fingerprint density at radius 3 is 1.46 bits per heavy atom. The number of rotatable bonds is 6. The molecule has 2 rings (SSSR count). The Morgan fingerprint density at radius 2 is 1.12 bits per heavy atom. The van der Waals surface area contributed by atoms with Crippen LogP contribution in [0.4, 0.5) is 0 Å². The van der Waals surface area contributed by atoms with Gasteiger partial charge in [-0.2, -0.15) is 11.5 Å². The van der Waals surface area contributed by atoms with E-state index in [1.807, 2.05) is 0 Å². The molecule has 0 aromatic rings. The third kappa shape index (κ3) is 5.68. The van der Waals surface area contributed by atoms with E-state index >= 15 is 0 Å². The van der Waals surface area contributed by atoms with Gasteiger partial charge in [-0.05, 0) is 73.0 Å². The zero-order valence-corrected chi connectivity index (χ0v) is 18.0. The lowest BCUT2D eigenvalue weighted by atomic mass is 9.53. The number of halogens is 1. The monoisotopic (exact) mass is 352 g/mol. The largest absolute Gasteiger partial charge is 0.251 e. The van der Waals surface area contributed by atoms with E-state index in [0.29, 0.717) is 6.13 Å². The smallest absolute Gasteiger partial charge is 0.196 e. The van der Waals surface area contributed by atoms with Crippen LogP contribution in [0, 0.1) is 47.3 Å². The lowest BCUT2D eigenvalue weighted by molar-refractivity contribution is 0.152. The molecular weight excluding hydrogens is 311 g/mol. The first-order chi connectivity index (χ1) is 11.3. The van der Waals surface area contributed by atoms with Gasteiger partial charge < -0.3 is 0 Å². The van der Waals surface area contributed by atoms with E-state index in [9.17, 15) is 0 Å². The van der Waals surface area contributed by atoms with Crippen LogP contribution in [0.5, 0.6) is 0 Å². The molecule has 2 saturated carbocycles. The summed E-state index contributed by atoms with van der Waals surface area (Å²) >= 11 is 6.98. The normalized spacial score (nSPS) is 37.9. The van der Waals surface area contributed by atoms with Crippen LogP contribution in [0.2, 0.25) is 12.6 Å². The molecule has 0 aromatic carbocycles. The van der Waals surface area contributed by atoms with Gasteiger partial charge in [0.2, 0.25) is 0 Å². The lowest BCUT2D eigenvalue weighted by Gasteiger charge is -2.40. The highest BCUT2D eigenvalue weighted by molar-refractivity contribution is 7.07. The van der Waals surface area contributed by atoms with E-state index in [-0.39, 0.29) is 0 Å². The van der Waals surface area contributed by atoms with Crippen LogP contribution >= 0.6 is 11.5 Å². The first-order valence-electron chi connectivity index (χ1n) is 10.9. The van der Waals surface area contributed by atoms with Crippen molar-refractivity contribution in [3.63, 3.8) is 0 Å². The molecule has 0 unspecified atom stereocenters. The van der Waals surface area contributed by atoms with Crippen molar-refractivity contribution in [2.45, 2.75) is 92.7 Å². The minimum absolute atomic E-state index is 0.401. The van der Waals surface area contributed by atoms with Crippen molar-refractivity contribution < 1.29 is 0 Å². The van der Waals surface area contributed by atoms with E-state index in [1.54, 1.807) is 0 Å². The summed E-state index contributed by atoms with van der Waals surface area (Å²) in [5, 5.41) is 0. The fourth-order valence-electron chi connectivity index (χ4n) is 6.09. The fraction of sp³-hybridized carbons (Fsp3) is 1.00. The summed E-state index contributed by atoms with van der Waals surface area (Å²) in [6.45, 7) is 14.6. The molecule has 140 valence electrons. The molecule has 0 spiro atoms. The van der Waals surface area contributed by atoms with Gasteiger partial charge in [-0.3, -0.25) is 0 Å². The van der Waals surface area contributed by atoms with Gasteiger partial charge in [0.1, 0.15) is 0 Å². The summed E-state index contributed by atoms with van der Waals surface area (Å²) in [4.78, 5) is 0. The predicted octanol–water partition coefficient (Wildman–Crippen LogP) is 7.63.